The van der Waals surface area contributed by atoms with Crippen LogP contribution in [0.25, 0.3) is 0 Å². The lowest BCUT2D eigenvalue weighted by Crippen LogP contribution is -2.35. The quantitative estimate of drug-likeness (QED) is 0.120. The summed E-state index contributed by atoms with van der Waals surface area (Å²) in [5.74, 6) is -1.33. The molecule has 12 nitrogen and oxygen atoms in total. The highest BCUT2D eigenvalue weighted by atomic mass is 32.2. The Kier molecular flexibility index (Phi) is 11.6. The predicted octanol–water partition coefficient (Wildman–Crippen LogP) is 4.11. The van der Waals surface area contributed by atoms with Crippen molar-refractivity contribution in [3.8, 4) is 0 Å². The Morgan fingerprint density at radius 3 is 2.18 bits per heavy atom. The first-order chi connectivity index (χ1) is 22.9. The summed E-state index contributed by atoms with van der Waals surface area (Å²) >= 11 is 0. The molecule has 0 bridgehead atoms. The molecule has 0 aliphatic carbocycles. The van der Waals surface area contributed by atoms with Crippen molar-refractivity contribution >= 4 is 49.1 Å². The molecule has 49 heavy (non-hydrogen) atoms. The van der Waals surface area contributed by atoms with Gasteiger partial charge in [-0.2, -0.15) is 21.4 Å². The third-order valence-corrected chi connectivity index (χ3v) is 10.8. The summed E-state index contributed by atoms with van der Waals surface area (Å²) in [6, 6.07) is 13.5. The maximum Gasteiger partial charge on any atom is 0.264 e. The van der Waals surface area contributed by atoms with Gasteiger partial charge in [0.05, 0.1) is 23.5 Å². The Balaban J connectivity index is 1.70. The van der Waals surface area contributed by atoms with Crippen molar-refractivity contribution in [2.45, 2.75) is 64.2 Å². The van der Waals surface area contributed by atoms with Gasteiger partial charge in [0.25, 0.3) is 26.1 Å². The van der Waals surface area contributed by atoms with Gasteiger partial charge in [0, 0.05) is 60.1 Å². The Morgan fingerprint density at radius 2 is 1.53 bits per heavy atom. The van der Waals surface area contributed by atoms with Crippen LogP contribution in [-0.2, 0) is 35.9 Å². The van der Waals surface area contributed by atoms with E-state index >= 15 is 0 Å². The molecule has 266 valence electrons. The number of unbranched alkanes of at least 4 members (excludes halogenated alkanes) is 2. The van der Waals surface area contributed by atoms with E-state index in [0.717, 1.165) is 33.9 Å². The predicted molar refractivity (Wildman–Crippen MR) is 191 cm³/mol. The van der Waals surface area contributed by atoms with E-state index in [2.05, 4.69) is 59.9 Å². The zero-order valence-corrected chi connectivity index (χ0v) is 30.3. The van der Waals surface area contributed by atoms with Crippen molar-refractivity contribution in [2.24, 2.45) is 0 Å². The van der Waals surface area contributed by atoms with Crippen LogP contribution in [0.2, 0.25) is 0 Å². The first-order valence-corrected chi connectivity index (χ1v) is 19.5. The van der Waals surface area contributed by atoms with Crippen LogP contribution in [0.3, 0.4) is 0 Å². The number of likely N-dealkylation sites (N-methyl/N-ethyl adjacent to an activating group) is 1. The molecule has 0 radical (unpaired) electrons. The lowest BCUT2D eigenvalue weighted by Gasteiger charge is -2.27. The highest BCUT2D eigenvalue weighted by Gasteiger charge is 2.44. The van der Waals surface area contributed by atoms with Gasteiger partial charge < -0.3 is 15.5 Å². The van der Waals surface area contributed by atoms with Crippen molar-refractivity contribution < 1.29 is 40.1 Å². The number of hydrogen-bond donors (Lipinski definition) is 4. The van der Waals surface area contributed by atoms with Crippen LogP contribution in [0.4, 0.5) is 11.4 Å². The second-order valence-corrected chi connectivity index (χ2v) is 16.6. The Labute approximate surface area is 289 Å². The van der Waals surface area contributed by atoms with Crippen LogP contribution in [0.5, 0.6) is 0 Å². The second-order valence-electron chi connectivity index (χ2n) is 13.4. The summed E-state index contributed by atoms with van der Waals surface area (Å²) in [4.78, 5) is 26.7. The molecule has 2 aliphatic rings. The van der Waals surface area contributed by atoms with Crippen LogP contribution in [-0.4, -0.2) is 86.2 Å². The minimum absolute atomic E-state index is 0.151. The van der Waals surface area contributed by atoms with Crippen molar-refractivity contribution in [3.05, 3.63) is 83.1 Å². The minimum atomic E-state index is -4.09. The SMILES string of the molecule is CNC(=O)CNC(=O)c1ccc2c(c1)C(C)(C)/C(=C\C=C\C1=[N+](CCCCS(=O)(=O)O)c3ccccc3C1(C)C)N2CCCCS(=O)(=O)O. The van der Waals surface area contributed by atoms with Crippen molar-refractivity contribution in [2.75, 3.05) is 43.1 Å². The average Bonchev–Trinajstić information content (AvgIpc) is 3.37. The highest BCUT2D eigenvalue weighted by Crippen LogP contribution is 2.48. The molecule has 4 rings (SSSR count). The molecule has 0 fully saturated rings. The number of para-hydroxylation sites is 1. The van der Waals surface area contributed by atoms with Gasteiger partial charge in [0.2, 0.25) is 11.6 Å². The van der Waals surface area contributed by atoms with E-state index < -0.39 is 25.7 Å². The summed E-state index contributed by atoms with van der Waals surface area (Å²) in [6.45, 7) is 9.28. The van der Waals surface area contributed by atoms with Gasteiger partial charge in [-0.15, -0.1) is 0 Å². The van der Waals surface area contributed by atoms with Gasteiger partial charge in [0.15, 0.2) is 5.71 Å². The number of carbonyl (C=O) groups excluding carboxylic acids is 2. The normalized spacial score (nSPS) is 17.4. The van der Waals surface area contributed by atoms with E-state index in [-0.39, 0.29) is 41.7 Å². The topological polar surface area (TPSA) is 173 Å². The second kappa shape index (κ2) is 15.0. The number of anilines is 1. The number of amides is 2. The summed E-state index contributed by atoms with van der Waals surface area (Å²) in [7, 11) is -6.64. The van der Waals surface area contributed by atoms with Crippen LogP contribution >= 0.6 is 0 Å². The summed E-state index contributed by atoms with van der Waals surface area (Å²) < 4.78 is 66.0. The molecule has 0 atom stereocenters. The molecule has 2 amide bonds. The molecule has 2 aliphatic heterocycles. The zero-order valence-electron chi connectivity index (χ0n) is 28.7. The highest BCUT2D eigenvalue weighted by molar-refractivity contribution is 7.86. The number of carbonyl (C=O) groups is 2. The third-order valence-electron chi connectivity index (χ3n) is 9.22. The van der Waals surface area contributed by atoms with Gasteiger partial charge in [0.1, 0.15) is 6.54 Å². The van der Waals surface area contributed by atoms with Crippen molar-refractivity contribution in [3.63, 3.8) is 0 Å². The van der Waals surface area contributed by atoms with Gasteiger partial charge >= 0.3 is 0 Å². The van der Waals surface area contributed by atoms with Crippen molar-refractivity contribution in [1.82, 2.24) is 10.6 Å². The average molecular weight is 716 g/mol. The third kappa shape index (κ3) is 9.04. The fourth-order valence-electron chi connectivity index (χ4n) is 6.63. The van der Waals surface area contributed by atoms with Crippen LogP contribution < -0.4 is 15.5 Å². The number of nitrogens with one attached hydrogen (secondary N) is 2. The first kappa shape index (κ1) is 38.0. The van der Waals surface area contributed by atoms with Gasteiger partial charge in [-0.25, -0.2) is 0 Å². The number of rotatable bonds is 15. The van der Waals surface area contributed by atoms with E-state index in [1.807, 2.05) is 42.5 Å². The lowest BCUT2D eigenvalue weighted by molar-refractivity contribution is -0.438. The molecule has 4 N–H and O–H groups in total. The van der Waals surface area contributed by atoms with Gasteiger partial charge in [-0.05, 0) is 62.9 Å². The van der Waals surface area contributed by atoms with E-state index in [1.54, 1.807) is 6.07 Å². The fourth-order valence-corrected chi connectivity index (χ4v) is 7.77. The van der Waals surface area contributed by atoms with Crippen LogP contribution in [0.15, 0.2) is 66.4 Å². The van der Waals surface area contributed by atoms with Crippen LogP contribution in [0.1, 0.15) is 74.9 Å². The zero-order chi connectivity index (χ0) is 36.2. The van der Waals surface area contributed by atoms with E-state index in [9.17, 15) is 35.5 Å². The molecule has 2 heterocycles. The number of nitrogens with zero attached hydrogens (tertiary/aromatic N) is 2. The molecule has 2 aromatic rings. The molecule has 0 spiro atoms. The molecule has 0 unspecified atom stereocenters. The number of benzene rings is 2. The molecule has 0 saturated carbocycles. The molecular weight excluding hydrogens is 669 g/mol. The Bertz CT molecular complexity index is 1910. The smallest absolute Gasteiger partial charge is 0.264 e. The first-order valence-electron chi connectivity index (χ1n) is 16.3. The summed E-state index contributed by atoms with van der Waals surface area (Å²) in [6.07, 6.45) is 7.71. The van der Waals surface area contributed by atoms with Crippen molar-refractivity contribution in [1.29, 1.82) is 0 Å². The summed E-state index contributed by atoms with van der Waals surface area (Å²) in [5, 5.41) is 5.12. The molecular formula is C35H47N4O8S2+. The Morgan fingerprint density at radius 1 is 0.878 bits per heavy atom. The maximum atomic E-state index is 12.9. The van der Waals surface area contributed by atoms with Crippen LogP contribution in [0, 0.1) is 0 Å². The number of allylic oxidation sites excluding steroid dienone is 4. The fraction of sp³-hybridized carbons (Fsp3) is 0.457. The number of hydrogen-bond acceptors (Lipinski definition) is 7. The minimum Gasteiger partial charge on any atom is -0.358 e. The van der Waals surface area contributed by atoms with Gasteiger partial charge in [-0.1, -0.05) is 38.1 Å². The van der Waals surface area contributed by atoms with E-state index in [0.29, 0.717) is 37.9 Å². The molecule has 0 aromatic heterocycles. The summed E-state index contributed by atoms with van der Waals surface area (Å²) in [5.41, 5.74) is 5.42. The molecule has 14 heteroatoms. The molecule has 2 aromatic carbocycles. The largest absolute Gasteiger partial charge is 0.358 e. The van der Waals surface area contributed by atoms with E-state index in [1.165, 1.54) is 7.05 Å². The monoisotopic (exact) mass is 715 g/mol. The Hall–Kier alpha value is -3.85. The van der Waals surface area contributed by atoms with Gasteiger partial charge in [-0.3, -0.25) is 18.7 Å². The maximum absolute atomic E-state index is 12.9. The lowest BCUT2D eigenvalue weighted by atomic mass is 9.81. The standard InChI is InChI=1S/C35H46N4O8S2/c1-34(2)26-13-6-7-14-28(26)38(19-8-10-21-48(42,43)44)30(34)15-12-16-31-35(3,4)27-23-25(33(41)37-24-32(40)36-5)17-18-29(27)39(31)20-9-11-22-49(45,46)47/h6-7,12-18,23H,8-11,19-22,24H2,1-5H3,(H3-,36,37,40,41,42,43,44,45,46,47)/p+1. The van der Waals surface area contributed by atoms with E-state index in [4.69, 9.17) is 0 Å². The molecule has 0 saturated heterocycles. The number of fused-ring (bicyclic) bond motifs is 2.